The third-order valence-electron chi connectivity index (χ3n) is 2.45. The van der Waals surface area contributed by atoms with E-state index in [1.165, 1.54) is 0 Å². The molecule has 0 saturated heterocycles. The van der Waals surface area contributed by atoms with Gasteiger partial charge in [0.05, 0.1) is 12.8 Å². The van der Waals surface area contributed by atoms with Gasteiger partial charge in [-0.3, -0.25) is 0 Å². The first-order valence-electron chi connectivity index (χ1n) is 5.71. The summed E-state index contributed by atoms with van der Waals surface area (Å²) in [7, 11) is 1.58. The topological polar surface area (TPSA) is 70.3 Å². The number of anilines is 1. The predicted molar refractivity (Wildman–Crippen MR) is 69.2 cm³/mol. The Morgan fingerprint density at radius 1 is 1.26 bits per heavy atom. The summed E-state index contributed by atoms with van der Waals surface area (Å²) in [6, 6.07) is 7.03. The van der Waals surface area contributed by atoms with Gasteiger partial charge in [0.2, 0.25) is 5.95 Å². The van der Waals surface area contributed by atoms with Crippen LogP contribution in [0.5, 0.6) is 5.75 Å². The van der Waals surface area contributed by atoms with Gasteiger partial charge >= 0.3 is 0 Å². The summed E-state index contributed by atoms with van der Waals surface area (Å²) >= 11 is 0. The Bertz CT molecular complexity index is 563. The standard InChI is InChI=1S/C13H14FN3O2/c1-18-6-7-19-11-5-3-2-4-9(11)12-10(14)8-16-13(15)17-12/h2-5,8H,6-7H2,1H3,(H2,15,16,17). The lowest BCUT2D eigenvalue weighted by atomic mass is 10.1. The van der Waals surface area contributed by atoms with Gasteiger partial charge in [-0.15, -0.1) is 0 Å². The van der Waals surface area contributed by atoms with Crippen molar-refractivity contribution in [2.24, 2.45) is 0 Å². The predicted octanol–water partition coefficient (Wildman–Crippen LogP) is 1.89. The fraction of sp³-hybridized carbons (Fsp3) is 0.231. The van der Waals surface area contributed by atoms with Gasteiger partial charge in [-0.1, -0.05) is 12.1 Å². The molecule has 0 unspecified atom stereocenters. The quantitative estimate of drug-likeness (QED) is 0.834. The van der Waals surface area contributed by atoms with Crippen molar-refractivity contribution in [2.45, 2.75) is 0 Å². The summed E-state index contributed by atoms with van der Waals surface area (Å²) < 4.78 is 24.2. The number of para-hydroxylation sites is 1. The van der Waals surface area contributed by atoms with Crippen LogP contribution in [0, 0.1) is 5.82 Å². The lowest BCUT2D eigenvalue weighted by Gasteiger charge is -2.11. The highest BCUT2D eigenvalue weighted by Crippen LogP contribution is 2.30. The molecule has 0 aliphatic rings. The van der Waals surface area contributed by atoms with E-state index in [1.807, 2.05) is 0 Å². The molecule has 19 heavy (non-hydrogen) atoms. The van der Waals surface area contributed by atoms with Crippen molar-refractivity contribution in [1.82, 2.24) is 9.97 Å². The van der Waals surface area contributed by atoms with E-state index in [1.54, 1.807) is 31.4 Å². The Morgan fingerprint density at radius 2 is 2.05 bits per heavy atom. The smallest absolute Gasteiger partial charge is 0.220 e. The molecule has 1 aromatic carbocycles. The van der Waals surface area contributed by atoms with Crippen LogP contribution >= 0.6 is 0 Å². The molecule has 0 aliphatic heterocycles. The lowest BCUT2D eigenvalue weighted by Crippen LogP contribution is -2.06. The lowest BCUT2D eigenvalue weighted by molar-refractivity contribution is 0.146. The number of nitrogen functional groups attached to an aromatic ring is 1. The van der Waals surface area contributed by atoms with Crippen molar-refractivity contribution in [1.29, 1.82) is 0 Å². The molecule has 1 heterocycles. The molecule has 0 atom stereocenters. The molecular formula is C13H14FN3O2. The van der Waals surface area contributed by atoms with Crippen molar-refractivity contribution in [3.05, 3.63) is 36.3 Å². The summed E-state index contributed by atoms with van der Waals surface area (Å²) in [5.41, 5.74) is 6.14. The van der Waals surface area contributed by atoms with Crippen LogP contribution in [0.4, 0.5) is 10.3 Å². The minimum atomic E-state index is -0.544. The maximum atomic E-state index is 13.8. The average molecular weight is 263 g/mol. The molecule has 0 fully saturated rings. The highest BCUT2D eigenvalue weighted by Gasteiger charge is 2.13. The zero-order valence-electron chi connectivity index (χ0n) is 10.5. The van der Waals surface area contributed by atoms with E-state index in [0.29, 0.717) is 24.5 Å². The van der Waals surface area contributed by atoms with Crippen molar-refractivity contribution in [2.75, 3.05) is 26.1 Å². The van der Waals surface area contributed by atoms with Crippen molar-refractivity contribution in [3.63, 3.8) is 0 Å². The van der Waals surface area contributed by atoms with Crippen LogP contribution < -0.4 is 10.5 Å². The van der Waals surface area contributed by atoms with E-state index in [-0.39, 0.29) is 11.6 Å². The van der Waals surface area contributed by atoms with Crippen LogP contribution in [0.3, 0.4) is 0 Å². The second kappa shape index (κ2) is 6.10. The van der Waals surface area contributed by atoms with Crippen LogP contribution in [-0.2, 0) is 4.74 Å². The molecule has 2 N–H and O–H groups in total. The number of halogens is 1. The monoisotopic (exact) mass is 263 g/mol. The molecule has 0 aliphatic carbocycles. The molecule has 100 valence electrons. The third kappa shape index (κ3) is 3.17. The molecule has 0 spiro atoms. The Morgan fingerprint density at radius 3 is 2.84 bits per heavy atom. The number of rotatable bonds is 5. The number of aromatic nitrogens is 2. The van der Waals surface area contributed by atoms with Crippen molar-refractivity contribution in [3.8, 4) is 17.0 Å². The Labute approximate surface area is 110 Å². The summed E-state index contributed by atoms with van der Waals surface area (Å²) in [5, 5.41) is 0. The summed E-state index contributed by atoms with van der Waals surface area (Å²) in [6.45, 7) is 0.818. The van der Waals surface area contributed by atoms with Gasteiger partial charge in [0.1, 0.15) is 18.1 Å². The van der Waals surface area contributed by atoms with Gasteiger partial charge < -0.3 is 15.2 Å². The summed E-state index contributed by atoms with van der Waals surface area (Å²) in [4.78, 5) is 7.51. The van der Waals surface area contributed by atoms with Crippen LogP contribution in [-0.4, -0.2) is 30.3 Å². The van der Waals surface area contributed by atoms with E-state index < -0.39 is 5.82 Å². The number of benzene rings is 1. The van der Waals surface area contributed by atoms with Gasteiger partial charge in [0.25, 0.3) is 0 Å². The first-order chi connectivity index (χ1) is 9.22. The zero-order valence-corrected chi connectivity index (χ0v) is 10.5. The number of ether oxygens (including phenoxy) is 2. The minimum absolute atomic E-state index is 0.0168. The minimum Gasteiger partial charge on any atom is -0.490 e. The number of nitrogens with zero attached hydrogens (tertiary/aromatic N) is 2. The molecule has 2 aromatic rings. The molecule has 0 radical (unpaired) electrons. The largest absolute Gasteiger partial charge is 0.490 e. The van der Waals surface area contributed by atoms with Crippen molar-refractivity contribution >= 4 is 5.95 Å². The zero-order chi connectivity index (χ0) is 13.7. The third-order valence-corrected chi connectivity index (χ3v) is 2.45. The second-order valence-corrected chi connectivity index (χ2v) is 3.76. The van der Waals surface area contributed by atoms with E-state index in [2.05, 4.69) is 9.97 Å². The van der Waals surface area contributed by atoms with Gasteiger partial charge in [-0.05, 0) is 12.1 Å². The second-order valence-electron chi connectivity index (χ2n) is 3.76. The molecule has 0 amide bonds. The number of methoxy groups -OCH3 is 1. The Hall–Kier alpha value is -2.21. The molecule has 0 saturated carbocycles. The van der Waals surface area contributed by atoms with Crippen LogP contribution in [0.25, 0.3) is 11.3 Å². The highest BCUT2D eigenvalue weighted by atomic mass is 19.1. The van der Waals surface area contributed by atoms with Crippen molar-refractivity contribution < 1.29 is 13.9 Å². The fourth-order valence-corrected chi connectivity index (χ4v) is 1.59. The number of hydrogen-bond donors (Lipinski definition) is 1. The summed E-state index contributed by atoms with van der Waals surface area (Å²) in [5.74, 6) is -0.00311. The fourth-order valence-electron chi connectivity index (χ4n) is 1.59. The van der Waals surface area contributed by atoms with E-state index in [9.17, 15) is 4.39 Å². The van der Waals surface area contributed by atoms with Gasteiger partial charge in [-0.2, -0.15) is 0 Å². The summed E-state index contributed by atoms with van der Waals surface area (Å²) in [6.07, 6.45) is 1.05. The van der Waals surface area contributed by atoms with Crippen LogP contribution in [0.2, 0.25) is 0 Å². The Kier molecular flexibility index (Phi) is 4.25. The number of nitrogens with two attached hydrogens (primary N) is 1. The molecule has 5 nitrogen and oxygen atoms in total. The molecule has 1 aromatic heterocycles. The SMILES string of the molecule is COCCOc1ccccc1-c1nc(N)ncc1F. The van der Waals surface area contributed by atoms with E-state index in [4.69, 9.17) is 15.2 Å². The van der Waals surface area contributed by atoms with Gasteiger partial charge in [0.15, 0.2) is 5.82 Å². The highest BCUT2D eigenvalue weighted by molar-refractivity contribution is 5.68. The van der Waals surface area contributed by atoms with Gasteiger partial charge in [-0.25, -0.2) is 14.4 Å². The van der Waals surface area contributed by atoms with Crippen LogP contribution in [0.1, 0.15) is 0 Å². The first-order valence-corrected chi connectivity index (χ1v) is 5.71. The molecule has 6 heteroatoms. The Balaban J connectivity index is 2.35. The van der Waals surface area contributed by atoms with E-state index >= 15 is 0 Å². The number of hydrogen-bond acceptors (Lipinski definition) is 5. The first kappa shape index (κ1) is 13.2. The molecule has 2 rings (SSSR count). The van der Waals surface area contributed by atoms with Crippen LogP contribution in [0.15, 0.2) is 30.5 Å². The molecular weight excluding hydrogens is 249 g/mol. The average Bonchev–Trinajstić information content (AvgIpc) is 2.42. The normalized spacial score (nSPS) is 10.4. The van der Waals surface area contributed by atoms with E-state index in [0.717, 1.165) is 6.20 Å². The maximum absolute atomic E-state index is 13.8. The van der Waals surface area contributed by atoms with Gasteiger partial charge in [0, 0.05) is 12.7 Å². The molecule has 0 bridgehead atoms. The maximum Gasteiger partial charge on any atom is 0.220 e.